The Balaban J connectivity index is 1.53. The lowest BCUT2D eigenvalue weighted by atomic mass is 10.1. The van der Waals surface area contributed by atoms with Crippen LogP contribution in [0.5, 0.6) is 0 Å². The third kappa shape index (κ3) is 6.12. The molecule has 0 spiro atoms. The zero-order valence-corrected chi connectivity index (χ0v) is 12.9. The molecule has 116 valence electrons. The van der Waals surface area contributed by atoms with E-state index in [-0.39, 0.29) is 0 Å². The SMILES string of the molecule is NC(=NCCCCN1CCCC1)NC1CCCCCC1. The average Bonchev–Trinajstić information content (AvgIpc) is 2.83. The Morgan fingerprint density at radius 2 is 1.70 bits per heavy atom. The van der Waals surface area contributed by atoms with Crippen LogP contribution in [-0.2, 0) is 0 Å². The number of guanidine groups is 1. The van der Waals surface area contributed by atoms with E-state index in [0.29, 0.717) is 12.0 Å². The van der Waals surface area contributed by atoms with Crippen LogP contribution in [0.15, 0.2) is 4.99 Å². The first kappa shape index (κ1) is 15.6. The Hall–Kier alpha value is -0.770. The van der Waals surface area contributed by atoms with Crippen molar-refractivity contribution in [3.8, 4) is 0 Å². The summed E-state index contributed by atoms with van der Waals surface area (Å²) >= 11 is 0. The van der Waals surface area contributed by atoms with Crippen molar-refractivity contribution in [3.63, 3.8) is 0 Å². The van der Waals surface area contributed by atoms with Crippen molar-refractivity contribution in [1.29, 1.82) is 0 Å². The highest BCUT2D eigenvalue weighted by molar-refractivity contribution is 5.78. The zero-order chi connectivity index (χ0) is 14.0. The van der Waals surface area contributed by atoms with Crippen LogP contribution in [0, 0.1) is 0 Å². The van der Waals surface area contributed by atoms with Crippen LogP contribution in [0.25, 0.3) is 0 Å². The van der Waals surface area contributed by atoms with E-state index in [1.54, 1.807) is 0 Å². The molecule has 0 radical (unpaired) electrons. The first-order valence-corrected chi connectivity index (χ1v) is 8.63. The predicted octanol–water partition coefficient (Wildman–Crippen LogP) is 2.49. The lowest BCUT2D eigenvalue weighted by molar-refractivity contribution is 0.331. The summed E-state index contributed by atoms with van der Waals surface area (Å²) in [5, 5.41) is 3.41. The number of nitrogens with two attached hydrogens (primary N) is 1. The van der Waals surface area contributed by atoms with Crippen LogP contribution < -0.4 is 11.1 Å². The van der Waals surface area contributed by atoms with Gasteiger partial charge in [-0.2, -0.15) is 0 Å². The van der Waals surface area contributed by atoms with E-state index in [9.17, 15) is 0 Å². The summed E-state index contributed by atoms with van der Waals surface area (Å²) in [5.74, 6) is 0.665. The zero-order valence-electron chi connectivity index (χ0n) is 12.9. The minimum Gasteiger partial charge on any atom is -0.370 e. The molecule has 2 rings (SSSR count). The molecule has 0 aromatic carbocycles. The van der Waals surface area contributed by atoms with Crippen LogP contribution in [0.4, 0.5) is 0 Å². The summed E-state index contributed by atoms with van der Waals surface area (Å²) in [6.07, 6.45) is 13.1. The molecule has 4 heteroatoms. The van der Waals surface area contributed by atoms with Crippen molar-refractivity contribution in [2.24, 2.45) is 10.7 Å². The molecule has 3 N–H and O–H groups in total. The maximum Gasteiger partial charge on any atom is 0.188 e. The van der Waals surface area contributed by atoms with Gasteiger partial charge in [0, 0.05) is 12.6 Å². The number of nitrogens with zero attached hydrogens (tertiary/aromatic N) is 2. The van der Waals surface area contributed by atoms with Crippen molar-refractivity contribution >= 4 is 5.96 Å². The van der Waals surface area contributed by atoms with Gasteiger partial charge in [-0.15, -0.1) is 0 Å². The van der Waals surface area contributed by atoms with Crippen LogP contribution in [0.3, 0.4) is 0 Å². The van der Waals surface area contributed by atoms with Crippen molar-refractivity contribution in [2.75, 3.05) is 26.2 Å². The van der Waals surface area contributed by atoms with E-state index in [2.05, 4.69) is 15.2 Å². The van der Waals surface area contributed by atoms with E-state index >= 15 is 0 Å². The smallest absolute Gasteiger partial charge is 0.188 e. The summed E-state index contributed by atoms with van der Waals surface area (Å²) in [4.78, 5) is 7.04. The average molecular weight is 280 g/mol. The van der Waals surface area contributed by atoms with Crippen molar-refractivity contribution in [2.45, 2.75) is 70.3 Å². The van der Waals surface area contributed by atoms with Crippen LogP contribution >= 0.6 is 0 Å². The predicted molar refractivity (Wildman–Crippen MR) is 86.0 cm³/mol. The molecule has 0 aromatic rings. The van der Waals surface area contributed by atoms with Crippen molar-refractivity contribution in [3.05, 3.63) is 0 Å². The van der Waals surface area contributed by atoms with E-state index in [1.807, 2.05) is 0 Å². The molecule has 0 unspecified atom stereocenters. The topological polar surface area (TPSA) is 53.6 Å². The summed E-state index contributed by atoms with van der Waals surface area (Å²) < 4.78 is 0. The van der Waals surface area contributed by atoms with E-state index in [4.69, 9.17) is 5.73 Å². The third-order valence-electron chi connectivity index (χ3n) is 4.57. The van der Waals surface area contributed by atoms with Gasteiger partial charge in [0.15, 0.2) is 5.96 Å². The fourth-order valence-electron chi connectivity index (χ4n) is 3.33. The summed E-state index contributed by atoms with van der Waals surface area (Å²) in [5.41, 5.74) is 5.99. The number of hydrogen-bond acceptors (Lipinski definition) is 2. The lowest BCUT2D eigenvalue weighted by Crippen LogP contribution is -2.39. The van der Waals surface area contributed by atoms with Gasteiger partial charge in [-0.05, 0) is 58.2 Å². The molecule has 1 aliphatic heterocycles. The van der Waals surface area contributed by atoms with E-state index in [0.717, 1.165) is 13.0 Å². The second-order valence-corrected chi connectivity index (χ2v) is 6.36. The van der Waals surface area contributed by atoms with Gasteiger partial charge < -0.3 is 16.0 Å². The first-order chi connectivity index (χ1) is 9.84. The number of likely N-dealkylation sites (tertiary alicyclic amines) is 1. The summed E-state index contributed by atoms with van der Waals surface area (Å²) in [6.45, 7) is 4.72. The van der Waals surface area contributed by atoms with Gasteiger partial charge in [0.25, 0.3) is 0 Å². The quantitative estimate of drug-likeness (QED) is 0.340. The Labute approximate surface area is 124 Å². The largest absolute Gasteiger partial charge is 0.370 e. The second-order valence-electron chi connectivity index (χ2n) is 6.36. The Morgan fingerprint density at radius 3 is 2.40 bits per heavy atom. The molecule has 1 saturated heterocycles. The molecule has 0 atom stereocenters. The highest BCUT2D eigenvalue weighted by Gasteiger charge is 2.12. The monoisotopic (exact) mass is 280 g/mol. The molecule has 0 aromatic heterocycles. The molecule has 0 amide bonds. The minimum absolute atomic E-state index is 0.561. The maximum atomic E-state index is 5.99. The molecule has 1 saturated carbocycles. The summed E-state index contributed by atoms with van der Waals surface area (Å²) in [7, 11) is 0. The normalized spacial score (nSPS) is 22.9. The first-order valence-electron chi connectivity index (χ1n) is 8.63. The van der Waals surface area contributed by atoms with Gasteiger partial charge in [-0.25, -0.2) is 0 Å². The van der Waals surface area contributed by atoms with Crippen LogP contribution in [0.1, 0.15) is 64.2 Å². The second kappa shape index (κ2) is 9.22. The molecule has 1 aliphatic carbocycles. The van der Waals surface area contributed by atoms with E-state index in [1.165, 1.54) is 77.4 Å². The molecule has 4 nitrogen and oxygen atoms in total. The molecular weight excluding hydrogens is 248 g/mol. The number of hydrogen-bond donors (Lipinski definition) is 2. The molecule has 20 heavy (non-hydrogen) atoms. The molecule has 2 fully saturated rings. The maximum absolute atomic E-state index is 5.99. The van der Waals surface area contributed by atoms with Gasteiger partial charge in [0.2, 0.25) is 0 Å². The fourth-order valence-corrected chi connectivity index (χ4v) is 3.33. The Kier molecular flexibility index (Phi) is 7.20. The van der Waals surface area contributed by atoms with Gasteiger partial charge >= 0.3 is 0 Å². The van der Waals surface area contributed by atoms with Crippen LogP contribution in [-0.4, -0.2) is 43.1 Å². The third-order valence-corrected chi connectivity index (χ3v) is 4.57. The number of rotatable bonds is 6. The number of aliphatic imine (C=N–C) groups is 1. The van der Waals surface area contributed by atoms with E-state index < -0.39 is 0 Å². The minimum atomic E-state index is 0.561. The summed E-state index contributed by atoms with van der Waals surface area (Å²) in [6, 6.07) is 0.561. The number of nitrogens with one attached hydrogen (secondary N) is 1. The molecule has 2 aliphatic rings. The molecular formula is C16H32N4. The Bertz CT molecular complexity index is 276. The van der Waals surface area contributed by atoms with Gasteiger partial charge in [-0.3, -0.25) is 4.99 Å². The van der Waals surface area contributed by atoms with Crippen molar-refractivity contribution in [1.82, 2.24) is 10.2 Å². The van der Waals surface area contributed by atoms with Gasteiger partial charge in [-0.1, -0.05) is 25.7 Å². The van der Waals surface area contributed by atoms with Crippen molar-refractivity contribution < 1.29 is 0 Å². The highest BCUT2D eigenvalue weighted by atomic mass is 15.1. The molecule has 0 bridgehead atoms. The van der Waals surface area contributed by atoms with Gasteiger partial charge in [0.05, 0.1) is 0 Å². The molecule has 1 heterocycles. The number of unbranched alkanes of at least 4 members (excludes halogenated alkanes) is 1. The lowest BCUT2D eigenvalue weighted by Gasteiger charge is -2.17. The fraction of sp³-hybridized carbons (Fsp3) is 0.938. The standard InChI is InChI=1S/C16H32N4/c17-16(19-15-9-3-1-2-4-10-15)18-11-5-6-12-20-13-7-8-14-20/h15H,1-14H2,(H3,17,18,19). The Morgan fingerprint density at radius 1 is 1.00 bits per heavy atom. The van der Waals surface area contributed by atoms with Crippen LogP contribution in [0.2, 0.25) is 0 Å². The van der Waals surface area contributed by atoms with Gasteiger partial charge in [0.1, 0.15) is 0 Å². The highest BCUT2D eigenvalue weighted by Crippen LogP contribution is 2.16.